The van der Waals surface area contributed by atoms with E-state index in [-0.39, 0.29) is 0 Å². The van der Waals surface area contributed by atoms with Gasteiger partial charge in [0.25, 0.3) is 0 Å². The molecule has 0 aromatic carbocycles. The van der Waals surface area contributed by atoms with Crippen LogP contribution in [-0.2, 0) is 18.9 Å². The van der Waals surface area contributed by atoms with Gasteiger partial charge >= 0.3 is 95.5 Å². The van der Waals surface area contributed by atoms with E-state index in [0.29, 0.717) is 0 Å². The molecule has 2 saturated heterocycles. The second-order valence-electron chi connectivity index (χ2n) is 8.92. The normalized spacial score (nSPS) is 23.4. The number of hydrogen-bond acceptors (Lipinski definition) is 4. The van der Waals surface area contributed by atoms with Gasteiger partial charge in [-0.05, 0) is 0 Å². The fraction of sp³-hybridized carbons (Fsp3) is 0.778. The molecule has 2 aliphatic rings. The minimum atomic E-state index is -8.29. The van der Waals surface area contributed by atoms with E-state index in [4.69, 9.17) is 0 Å². The molecule has 50 heavy (non-hydrogen) atoms. The van der Waals surface area contributed by atoms with Gasteiger partial charge in [0.05, 0.1) is 0 Å². The lowest BCUT2D eigenvalue weighted by molar-refractivity contribution is -0.454. The summed E-state index contributed by atoms with van der Waals surface area (Å²) >= 11 is 0. The van der Waals surface area contributed by atoms with Crippen molar-refractivity contribution in [3.63, 3.8) is 0 Å². The van der Waals surface area contributed by atoms with Gasteiger partial charge in [-0.1, -0.05) is 0 Å². The molecule has 0 saturated carbocycles. The fourth-order valence-corrected chi connectivity index (χ4v) is 2.84. The van der Waals surface area contributed by atoms with Gasteiger partial charge in [-0.25, -0.2) is 0 Å². The Labute approximate surface area is 252 Å². The van der Waals surface area contributed by atoms with Crippen molar-refractivity contribution < 1.29 is 142 Å². The molecule has 0 spiro atoms. The van der Waals surface area contributed by atoms with Crippen LogP contribution in [0.15, 0.2) is 24.1 Å². The largest absolute Gasteiger partial charge is 0.460 e. The average Bonchev–Trinajstić information content (AvgIpc) is 3.52. The van der Waals surface area contributed by atoms with Crippen LogP contribution in [0.4, 0.5) is 123 Å². The molecular formula is C18H4F28O4. The summed E-state index contributed by atoms with van der Waals surface area (Å²) < 4.78 is 367. The Morgan fingerprint density at radius 1 is 0.380 bits per heavy atom. The van der Waals surface area contributed by atoms with Gasteiger partial charge in [-0.2, -0.15) is 123 Å². The SMILES string of the molecule is FC(F)=C1OCC(F)(C(F)(F)C(F)(F)C(F)(F)C(F)(F)C(F)(F)C(F)(F)F)O1.FC(F)=C1OCC(F)(C(F)(F)C(F)(F)C(F)(F)C(F)(F)F)O1. The molecule has 2 rings (SSSR count). The molecule has 0 aromatic rings. The molecule has 0 N–H and O–H groups in total. The van der Waals surface area contributed by atoms with Gasteiger partial charge in [-0.15, -0.1) is 0 Å². The number of hydrogen-bond donors (Lipinski definition) is 0. The first-order valence-corrected chi connectivity index (χ1v) is 10.8. The molecule has 0 amide bonds. The summed E-state index contributed by atoms with van der Waals surface area (Å²) in [5.41, 5.74) is 0. The van der Waals surface area contributed by atoms with E-state index in [1.807, 2.05) is 0 Å². The summed E-state index contributed by atoms with van der Waals surface area (Å²) in [5, 5.41) is 0. The molecular weight excluding hydrogens is 812 g/mol. The van der Waals surface area contributed by atoms with E-state index in [0.717, 1.165) is 0 Å². The smallest absolute Gasteiger partial charge is 0.454 e. The van der Waals surface area contributed by atoms with E-state index < -0.39 is 109 Å². The Kier molecular flexibility index (Phi) is 10.9. The van der Waals surface area contributed by atoms with Crippen LogP contribution in [0.1, 0.15) is 0 Å². The van der Waals surface area contributed by atoms with Crippen LogP contribution in [0.5, 0.6) is 0 Å². The van der Waals surface area contributed by atoms with Gasteiger partial charge in [-0.3, -0.25) is 0 Å². The first-order valence-electron chi connectivity index (χ1n) is 10.8. The number of halogens is 28. The number of ether oxygens (including phenoxy) is 4. The zero-order valence-corrected chi connectivity index (χ0v) is 21.6. The second-order valence-corrected chi connectivity index (χ2v) is 8.92. The van der Waals surface area contributed by atoms with Gasteiger partial charge < -0.3 is 18.9 Å². The Balaban J connectivity index is 0.000000515. The molecule has 0 bridgehead atoms. The van der Waals surface area contributed by atoms with Crippen LogP contribution in [0.3, 0.4) is 0 Å². The number of rotatable bonds is 8. The Morgan fingerprint density at radius 2 is 0.600 bits per heavy atom. The second kappa shape index (κ2) is 12.2. The van der Waals surface area contributed by atoms with Gasteiger partial charge in [0.1, 0.15) is 0 Å². The van der Waals surface area contributed by atoms with Crippen molar-refractivity contribution in [1.82, 2.24) is 0 Å². The third-order valence-corrected chi connectivity index (χ3v) is 5.61. The highest BCUT2D eigenvalue weighted by molar-refractivity contribution is 5.15. The molecule has 32 heteroatoms. The quantitative estimate of drug-likeness (QED) is 0.229. The van der Waals surface area contributed by atoms with Gasteiger partial charge in [0, 0.05) is 0 Å². The van der Waals surface area contributed by atoms with E-state index in [1.165, 1.54) is 0 Å². The molecule has 0 aromatic heterocycles. The molecule has 0 radical (unpaired) electrons. The Hall–Kier alpha value is -3.28. The molecule has 2 atom stereocenters. The maximum atomic E-state index is 13.7. The lowest BCUT2D eigenvalue weighted by Gasteiger charge is -2.41. The average molecular weight is 816 g/mol. The van der Waals surface area contributed by atoms with Crippen LogP contribution < -0.4 is 0 Å². The van der Waals surface area contributed by atoms with Crippen molar-refractivity contribution in [3.8, 4) is 0 Å². The van der Waals surface area contributed by atoms with Gasteiger partial charge in [0.15, 0.2) is 13.2 Å². The standard InChI is InChI=1S/C10H2F16O2.C8H2F12O2/c11-2(12)3-27-1-4(13,28-3)5(14,15)6(16,17)7(18,19)8(20,21)9(22,23)10(24,25)26;9-2(10)3-21-1-4(11,22-3)5(12,13)6(14,15)7(16,17)8(18,19)20/h1H2;1H2. The van der Waals surface area contributed by atoms with Crippen LogP contribution in [0, 0.1) is 0 Å². The van der Waals surface area contributed by atoms with Crippen molar-refractivity contribution in [2.75, 3.05) is 13.2 Å². The monoisotopic (exact) mass is 816 g/mol. The highest BCUT2D eigenvalue weighted by Gasteiger charge is 2.94. The molecule has 2 heterocycles. The Bertz CT molecular complexity index is 1320. The molecule has 4 nitrogen and oxygen atoms in total. The summed E-state index contributed by atoms with van der Waals surface area (Å²) in [5.74, 6) is -77.6. The van der Waals surface area contributed by atoms with Crippen molar-refractivity contribution in [2.24, 2.45) is 0 Å². The lowest BCUT2D eigenvalue weighted by atomic mass is 9.91. The minimum absolute atomic E-state index is 2.34. The maximum absolute atomic E-state index is 13.7. The predicted molar refractivity (Wildman–Crippen MR) is 91.9 cm³/mol. The first kappa shape index (κ1) is 44.7. The zero-order valence-electron chi connectivity index (χ0n) is 21.6. The summed E-state index contributed by atoms with van der Waals surface area (Å²) in [7, 11) is 0. The minimum Gasteiger partial charge on any atom is -0.454 e. The van der Waals surface area contributed by atoms with E-state index in [1.54, 1.807) is 0 Å². The van der Waals surface area contributed by atoms with Crippen molar-refractivity contribution in [1.29, 1.82) is 0 Å². The summed E-state index contributed by atoms with van der Waals surface area (Å²) in [4.78, 5) is 0. The van der Waals surface area contributed by atoms with Crippen LogP contribution in [0.2, 0.25) is 0 Å². The third kappa shape index (κ3) is 6.27. The summed E-state index contributed by atoms with van der Waals surface area (Å²) in [6.45, 7) is -5.23. The van der Waals surface area contributed by atoms with E-state index in [2.05, 4.69) is 18.9 Å². The fourth-order valence-electron chi connectivity index (χ4n) is 2.84. The summed E-state index contributed by atoms with van der Waals surface area (Å²) in [6.07, 6.45) is -21.3. The predicted octanol–water partition coefficient (Wildman–Crippen LogP) is 9.74. The number of alkyl halides is 24. The molecule has 2 fully saturated rings. The first-order chi connectivity index (χ1) is 21.5. The van der Waals surface area contributed by atoms with Gasteiger partial charge in [0.2, 0.25) is 0 Å². The van der Waals surface area contributed by atoms with Crippen LogP contribution in [0.25, 0.3) is 0 Å². The molecule has 296 valence electrons. The summed E-state index contributed by atoms with van der Waals surface area (Å²) in [6, 6.07) is 0. The molecule has 2 unspecified atom stereocenters. The third-order valence-electron chi connectivity index (χ3n) is 5.61. The molecule has 2 aliphatic heterocycles. The van der Waals surface area contributed by atoms with Crippen LogP contribution in [-0.4, -0.2) is 84.7 Å². The van der Waals surface area contributed by atoms with E-state index in [9.17, 15) is 123 Å². The lowest BCUT2D eigenvalue weighted by Crippen LogP contribution is -2.73. The Morgan fingerprint density at radius 3 is 0.820 bits per heavy atom. The maximum Gasteiger partial charge on any atom is 0.460 e. The highest BCUT2D eigenvalue weighted by atomic mass is 19.4. The van der Waals surface area contributed by atoms with E-state index >= 15 is 0 Å². The van der Waals surface area contributed by atoms with Crippen molar-refractivity contribution in [3.05, 3.63) is 24.1 Å². The van der Waals surface area contributed by atoms with Crippen molar-refractivity contribution >= 4 is 0 Å². The van der Waals surface area contributed by atoms with Crippen LogP contribution >= 0.6 is 0 Å². The zero-order chi connectivity index (χ0) is 40.6. The van der Waals surface area contributed by atoms with Crippen molar-refractivity contribution in [2.45, 2.75) is 71.4 Å². The highest BCUT2D eigenvalue weighted by Crippen LogP contribution is 2.63. The topological polar surface area (TPSA) is 36.9 Å². The molecule has 0 aliphatic carbocycles.